The van der Waals surface area contributed by atoms with Crippen molar-refractivity contribution in [3.05, 3.63) is 70.9 Å². The van der Waals surface area contributed by atoms with Crippen LogP contribution in [0.5, 0.6) is 11.6 Å². The smallest absolute Gasteiger partial charge is 0.226 e. The second kappa shape index (κ2) is 8.74. The van der Waals surface area contributed by atoms with Gasteiger partial charge < -0.3 is 10.1 Å². The number of rotatable bonds is 7. The molecule has 1 N–H and O–H groups in total. The molecule has 0 saturated heterocycles. The predicted molar refractivity (Wildman–Crippen MR) is 111 cm³/mol. The number of aryl methyl sites for hydroxylation is 3. The third-order valence-corrected chi connectivity index (χ3v) is 4.66. The highest BCUT2D eigenvalue weighted by atomic mass is 16.5. The van der Waals surface area contributed by atoms with Gasteiger partial charge in [-0.05, 0) is 63.4 Å². The summed E-state index contributed by atoms with van der Waals surface area (Å²) in [6.07, 6.45) is 0.975. The monoisotopic (exact) mass is 377 g/mol. The molecule has 5 heteroatoms. The maximum absolute atomic E-state index is 12.0. The topological polar surface area (TPSA) is 56.2 Å². The Balaban J connectivity index is 2.03. The van der Waals surface area contributed by atoms with Crippen molar-refractivity contribution >= 4 is 5.91 Å². The molecule has 0 fully saturated rings. The minimum Gasteiger partial charge on any atom is -0.439 e. The van der Waals surface area contributed by atoms with E-state index < -0.39 is 0 Å². The minimum absolute atomic E-state index is 0.0343. The van der Waals surface area contributed by atoms with E-state index in [2.05, 4.69) is 18.3 Å². The summed E-state index contributed by atoms with van der Waals surface area (Å²) in [4.78, 5) is 12.0. The van der Waals surface area contributed by atoms with Crippen molar-refractivity contribution in [3.8, 4) is 17.3 Å². The van der Waals surface area contributed by atoms with Crippen molar-refractivity contribution in [2.24, 2.45) is 0 Å². The minimum atomic E-state index is 0.0343. The van der Waals surface area contributed by atoms with Crippen LogP contribution in [0, 0.1) is 20.8 Å². The molecule has 0 atom stereocenters. The van der Waals surface area contributed by atoms with Gasteiger partial charge in [-0.15, -0.1) is 0 Å². The molecule has 146 valence electrons. The fraction of sp³-hybridized carbons (Fsp3) is 0.304. The zero-order valence-corrected chi connectivity index (χ0v) is 17.0. The molecule has 5 nitrogen and oxygen atoms in total. The van der Waals surface area contributed by atoms with E-state index in [1.807, 2.05) is 67.9 Å². The highest BCUT2D eigenvalue weighted by Gasteiger charge is 2.20. The van der Waals surface area contributed by atoms with Gasteiger partial charge in [-0.3, -0.25) is 4.79 Å². The summed E-state index contributed by atoms with van der Waals surface area (Å²) >= 11 is 0. The van der Waals surface area contributed by atoms with Gasteiger partial charge in [0, 0.05) is 18.5 Å². The number of nitrogens with zero attached hydrogens (tertiary/aromatic N) is 2. The van der Waals surface area contributed by atoms with Crippen molar-refractivity contribution in [2.75, 3.05) is 6.54 Å². The standard InChI is InChI=1S/C23H27N3O2/c1-5-24-22(27)14-13-20-18(4)25-26(21-12-7-6-10-17(21)3)23(20)28-19-11-8-9-16(2)15-19/h6-12,15H,5,13-14H2,1-4H3,(H,24,27). The van der Waals surface area contributed by atoms with Gasteiger partial charge in [0.05, 0.1) is 11.4 Å². The molecule has 0 radical (unpaired) electrons. The number of ether oxygens (including phenoxy) is 1. The maximum atomic E-state index is 12.0. The molecule has 0 aliphatic rings. The number of carbonyl (C=O) groups excluding carboxylic acids is 1. The lowest BCUT2D eigenvalue weighted by Crippen LogP contribution is -2.22. The maximum Gasteiger partial charge on any atom is 0.226 e. The Kier molecular flexibility index (Phi) is 6.14. The Labute approximate surface area is 166 Å². The van der Waals surface area contributed by atoms with Crippen LogP contribution >= 0.6 is 0 Å². The Hall–Kier alpha value is -3.08. The highest BCUT2D eigenvalue weighted by Crippen LogP contribution is 2.32. The second-order valence-electron chi connectivity index (χ2n) is 6.94. The molecule has 0 unspecified atom stereocenters. The van der Waals surface area contributed by atoms with E-state index in [1.165, 1.54) is 0 Å². The van der Waals surface area contributed by atoms with E-state index in [0.29, 0.717) is 25.3 Å². The number of para-hydroxylation sites is 1. The first kappa shape index (κ1) is 19.7. The summed E-state index contributed by atoms with van der Waals surface area (Å²) in [5.41, 5.74) is 5.03. The van der Waals surface area contributed by atoms with Gasteiger partial charge in [0.25, 0.3) is 0 Å². The molecule has 1 heterocycles. The van der Waals surface area contributed by atoms with Crippen LogP contribution in [0.2, 0.25) is 0 Å². The molecule has 2 aromatic carbocycles. The molecule has 1 aromatic heterocycles. The molecule has 0 bridgehead atoms. The summed E-state index contributed by atoms with van der Waals surface area (Å²) < 4.78 is 8.16. The lowest BCUT2D eigenvalue weighted by atomic mass is 10.1. The average Bonchev–Trinajstić information content (AvgIpc) is 2.96. The molecule has 3 aromatic rings. The van der Waals surface area contributed by atoms with Crippen LogP contribution in [0.25, 0.3) is 5.69 Å². The van der Waals surface area contributed by atoms with E-state index >= 15 is 0 Å². The van der Waals surface area contributed by atoms with Gasteiger partial charge >= 0.3 is 0 Å². The second-order valence-corrected chi connectivity index (χ2v) is 6.94. The van der Waals surface area contributed by atoms with Crippen molar-refractivity contribution < 1.29 is 9.53 Å². The zero-order chi connectivity index (χ0) is 20.1. The third-order valence-electron chi connectivity index (χ3n) is 4.66. The summed E-state index contributed by atoms with van der Waals surface area (Å²) in [6.45, 7) is 8.60. The van der Waals surface area contributed by atoms with Crippen molar-refractivity contribution in [3.63, 3.8) is 0 Å². The molecule has 0 saturated carbocycles. The van der Waals surface area contributed by atoms with Crippen LogP contribution < -0.4 is 10.1 Å². The van der Waals surface area contributed by atoms with E-state index in [9.17, 15) is 4.79 Å². The van der Waals surface area contributed by atoms with Crippen LogP contribution in [0.4, 0.5) is 0 Å². The number of hydrogen-bond acceptors (Lipinski definition) is 3. The van der Waals surface area contributed by atoms with Crippen LogP contribution in [0.1, 0.15) is 35.7 Å². The molecular formula is C23H27N3O2. The highest BCUT2D eigenvalue weighted by molar-refractivity contribution is 5.76. The van der Waals surface area contributed by atoms with E-state index in [-0.39, 0.29) is 5.91 Å². The fourth-order valence-electron chi connectivity index (χ4n) is 3.21. The average molecular weight is 377 g/mol. The number of carbonyl (C=O) groups is 1. The molecule has 28 heavy (non-hydrogen) atoms. The molecule has 0 spiro atoms. The van der Waals surface area contributed by atoms with E-state index in [4.69, 9.17) is 9.84 Å². The first-order valence-electron chi connectivity index (χ1n) is 9.65. The molecule has 1 amide bonds. The first-order chi connectivity index (χ1) is 13.5. The SMILES string of the molecule is CCNC(=O)CCc1c(C)nn(-c2ccccc2C)c1Oc1cccc(C)c1. The van der Waals surface area contributed by atoms with Crippen LogP contribution in [0.15, 0.2) is 48.5 Å². The van der Waals surface area contributed by atoms with Gasteiger partial charge in [-0.25, -0.2) is 0 Å². The van der Waals surface area contributed by atoms with Gasteiger partial charge in [0.15, 0.2) is 0 Å². The summed E-state index contributed by atoms with van der Waals surface area (Å²) in [5.74, 6) is 1.46. The number of benzene rings is 2. The Morgan fingerprint density at radius 1 is 1.11 bits per heavy atom. The fourth-order valence-corrected chi connectivity index (χ4v) is 3.21. The lowest BCUT2D eigenvalue weighted by molar-refractivity contribution is -0.120. The molecule has 0 aliphatic carbocycles. The van der Waals surface area contributed by atoms with Crippen LogP contribution in [-0.4, -0.2) is 22.2 Å². The van der Waals surface area contributed by atoms with Crippen LogP contribution in [0.3, 0.4) is 0 Å². The number of hydrogen-bond donors (Lipinski definition) is 1. The Bertz CT molecular complexity index is 976. The van der Waals surface area contributed by atoms with Crippen molar-refractivity contribution in [1.29, 1.82) is 0 Å². The number of aromatic nitrogens is 2. The Morgan fingerprint density at radius 3 is 2.61 bits per heavy atom. The summed E-state index contributed by atoms with van der Waals surface area (Å²) in [5, 5.41) is 7.60. The number of amides is 1. The van der Waals surface area contributed by atoms with Gasteiger partial charge in [0.2, 0.25) is 11.8 Å². The molecular weight excluding hydrogens is 350 g/mol. The normalized spacial score (nSPS) is 10.7. The number of nitrogens with one attached hydrogen (secondary N) is 1. The largest absolute Gasteiger partial charge is 0.439 e. The summed E-state index contributed by atoms with van der Waals surface area (Å²) in [7, 11) is 0. The van der Waals surface area contributed by atoms with Gasteiger partial charge in [-0.2, -0.15) is 9.78 Å². The quantitative estimate of drug-likeness (QED) is 0.652. The van der Waals surface area contributed by atoms with Crippen molar-refractivity contribution in [2.45, 2.75) is 40.5 Å². The predicted octanol–water partition coefficient (Wildman–Crippen LogP) is 4.66. The molecule has 3 rings (SSSR count). The third kappa shape index (κ3) is 4.42. The van der Waals surface area contributed by atoms with E-state index in [0.717, 1.165) is 33.8 Å². The lowest BCUT2D eigenvalue weighted by Gasteiger charge is -2.13. The van der Waals surface area contributed by atoms with E-state index in [1.54, 1.807) is 0 Å². The zero-order valence-electron chi connectivity index (χ0n) is 17.0. The Morgan fingerprint density at radius 2 is 1.89 bits per heavy atom. The van der Waals surface area contributed by atoms with Gasteiger partial charge in [-0.1, -0.05) is 30.3 Å². The van der Waals surface area contributed by atoms with Gasteiger partial charge in [0.1, 0.15) is 5.75 Å². The summed E-state index contributed by atoms with van der Waals surface area (Å²) in [6, 6.07) is 16.0. The first-order valence-corrected chi connectivity index (χ1v) is 9.65. The van der Waals surface area contributed by atoms with Crippen molar-refractivity contribution in [1.82, 2.24) is 15.1 Å². The van der Waals surface area contributed by atoms with Crippen LogP contribution in [-0.2, 0) is 11.2 Å². The molecule has 0 aliphatic heterocycles.